The van der Waals surface area contributed by atoms with E-state index in [0.29, 0.717) is 18.3 Å². The summed E-state index contributed by atoms with van der Waals surface area (Å²) in [6, 6.07) is -0.563. The molecule has 1 saturated heterocycles. The van der Waals surface area contributed by atoms with E-state index in [2.05, 4.69) is 19.2 Å². The van der Waals surface area contributed by atoms with Crippen molar-refractivity contribution in [3.05, 3.63) is 0 Å². The Morgan fingerprint density at radius 1 is 1.32 bits per heavy atom. The van der Waals surface area contributed by atoms with Crippen molar-refractivity contribution in [3.8, 4) is 0 Å². The summed E-state index contributed by atoms with van der Waals surface area (Å²) < 4.78 is 0. The average Bonchev–Trinajstić information content (AvgIpc) is 2.28. The van der Waals surface area contributed by atoms with E-state index in [0.717, 1.165) is 13.0 Å². The Kier molecular flexibility index (Phi) is 4.48. The van der Waals surface area contributed by atoms with Crippen molar-refractivity contribution in [2.75, 3.05) is 6.54 Å². The molecule has 2 rings (SSSR count). The van der Waals surface area contributed by atoms with E-state index in [-0.39, 0.29) is 23.9 Å². The molecule has 2 aliphatic rings. The number of nitrogens with zero attached hydrogens (tertiary/aromatic N) is 1. The van der Waals surface area contributed by atoms with Crippen LogP contribution in [0.25, 0.3) is 0 Å². The Hall–Kier alpha value is -1.06. The van der Waals surface area contributed by atoms with Gasteiger partial charge in [-0.25, -0.2) is 0 Å². The zero-order valence-electron chi connectivity index (χ0n) is 12.3. The molecule has 1 aliphatic carbocycles. The lowest BCUT2D eigenvalue weighted by atomic mass is 9.84. The average molecular weight is 266 g/mol. The molecule has 2 amide bonds. The van der Waals surface area contributed by atoms with Gasteiger partial charge in [-0.3, -0.25) is 9.59 Å². The molecule has 4 heteroatoms. The molecule has 1 N–H and O–H groups in total. The Balaban J connectivity index is 2.08. The Labute approximate surface area is 115 Å². The van der Waals surface area contributed by atoms with E-state index < -0.39 is 0 Å². The van der Waals surface area contributed by atoms with E-state index in [1.165, 1.54) is 19.3 Å². The van der Waals surface area contributed by atoms with Crippen LogP contribution in [0.1, 0.15) is 52.9 Å². The highest BCUT2D eigenvalue weighted by Crippen LogP contribution is 2.29. The van der Waals surface area contributed by atoms with Crippen molar-refractivity contribution in [1.82, 2.24) is 10.2 Å². The number of nitrogens with one attached hydrogen (secondary N) is 1. The van der Waals surface area contributed by atoms with Gasteiger partial charge in [0.15, 0.2) is 0 Å². The van der Waals surface area contributed by atoms with Gasteiger partial charge < -0.3 is 10.2 Å². The van der Waals surface area contributed by atoms with Crippen molar-refractivity contribution in [2.24, 2.45) is 11.8 Å². The Morgan fingerprint density at radius 2 is 2.00 bits per heavy atom. The van der Waals surface area contributed by atoms with Crippen LogP contribution >= 0.6 is 0 Å². The maximum atomic E-state index is 12.6. The molecule has 2 atom stereocenters. The summed E-state index contributed by atoms with van der Waals surface area (Å²) in [4.78, 5) is 26.6. The summed E-state index contributed by atoms with van der Waals surface area (Å²) in [5.74, 6) is 1.20. The van der Waals surface area contributed by atoms with Gasteiger partial charge in [0.1, 0.15) is 12.1 Å². The molecule has 0 aromatic heterocycles. The molecule has 0 bridgehead atoms. The van der Waals surface area contributed by atoms with Gasteiger partial charge in [0.05, 0.1) is 0 Å². The topological polar surface area (TPSA) is 49.4 Å². The Bertz CT molecular complexity index is 350. The number of hydrogen-bond acceptors (Lipinski definition) is 2. The molecule has 0 aromatic carbocycles. The fraction of sp³-hybridized carbons (Fsp3) is 0.867. The standard InChI is InChI=1S/C15H26N2O2/c1-4-13-14(18)16-12(8-10(2)3)15(19)17(13)9-11-6-5-7-11/h10-13H,4-9H2,1-3H3,(H,16,18). The maximum Gasteiger partial charge on any atom is 0.245 e. The van der Waals surface area contributed by atoms with Crippen LogP contribution in [0.3, 0.4) is 0 Å². The minimum Gasteiger partial charge on any atom is -0.342 e. The SMILES string of the molecule is CCC1C(=O)NC(CC(C)C)C(=O)N1CC1CCC1. The molecule has 0 aromatic rings. The van der Waals surface area contributed by atoms with E-state index in [1.54, 1.807) is 0 Å². The summed E-state index contributed by atoms with van der Waals surface area (Å²) in [7, 11) is 0. The van der Waals surface area contributed by atoms with Crippen LogP contribution in [-0.2, 0) is 9.59 Å². The number of hydrogen-bond donors (Lipinski definition) is 1. The first-order valence-corrected chi connectivity index (χ1v) is 7.63. The van der Waals surface area contributed by atoms with Gasteiger partial charge in [0, 0.05) is 6.54 Å². The molecule has 0 spiro atoms. The van der Waals surface area contributed by atoms with Gasteiger partial charge in [0.2, 0.25) is 11.8 Å². The second-order valence-corrected chi connectivity index (χ2v) is 6.40. The van der Waals surface area contributed by atoms with Crippen LogP contribution in [0.15, 0.2) is 0 Å². The summed E-state index contributed by atoms with van der Waals surface area (Å²) in [5, 5.41) is 2.91. The van der Waals surface area contributed by atoms with Crippen LogP contribution in [0, 0.1) is 11.8 Å². The Morgan fingerprint density at radius 3 is 2.47 bits per heavy atom. The zero-order valence-corrected chi connectivity index (χ0v) is 12.3. The molecule has 19 heavy (non-hydrogen) atoms. The molecule has 0 radical (unpaired) electrons. The predicted octanol–water partition coefficient (Wildman–Crippen LogP) is 1.94. The van der Waals surface area contributed by atoms with Crippen molar-refractivity contribution < 1.29 is 9.59 Å². The van der Waals surface area contributed by atoms with Gasteiger partial charge in [-0.1, -0.05) is 27.2 Å². The fourth-order valence-corrected chi connectivity index (χ4v) is 3.03. The minimum absolute atomic E-state index is 0.0343. The van der Waals surface area contributed by atoms with Gasteiger partial charge in [0.25, 0.3) is 0 Å². The highest BCUT2D eigenvalue weighted by Gasteiger charge is 2.40. The molecule has 1 heterocycles. The summed E-state index contributed by atoms with van der Waals surface area (Å²) >= 11 is 0. The van der Waals surface area contributed by atoms with Gasteiger partial charge in [-0.05, 0) is 37.5 Å². The first kappa shape index (κ1) is 14.4. The molecule has 108 valence electrons. The molecular weight excluding hydrogens is 240 g/mol. The second kappa shape index (κ2) is 5.93. The van der Waals surface area contributed by atoms with E-state index in [9.17, 15) is 9.59 Å². The fourth-order valence-electron chi connectivity index (χ4n) is 3.03. The number of rotatable bonds is 5. The molecule has 4 nitrogen and oxygen atoms in total. The third-order valence-corrected chi connectivity index (χ3v) is 4.35. The second-order valence-electron chi connectivity index (χ2n) is 6.40. The van der Waals surface area contributed by atoms with E-state index >= 15 is 0 Å². The smallest absolute Gasteiger partial charge is 0.245 e. The lowest BCUT2D eigenvalue weighted by molar-refractivity contribution is -0.151. The first-order valence-electron chi connectivity index (χ1n) is 7.63. The lowest BCUT2D eigenvalue weighted by Crippen LogP contribution is -2.64. The number of piperazine rings is 1. The van der Waals surface area contributed by atoms with Gasteiger partial charge >= 0.3 is 0 Å². The highest BCUT2D eigenvalue weighted by molar-refractivity contribution is 5.96. The largest absolute Gasteiger partial charge is 0.342 e. The molecule has 1 aliphatic heterocycles. The normalized spacial score (nSPS) is 28.5. The van der Waals surface area contributed by atoms with Gasteiger partial charge in [-0.15, -0.1) is 0 Å². The predicted molar refractivity (Wildman–Crippen MR) is 74.5 cm³/mol. The van der Waals surface area contributed by atoms with Crippen LogP contribution in [0.2, 0.25) is 0 Å². The quantitative estimate of drug-likeness (QED) is 0.826. The summed E-state index contributed by atoms with van der Waals surface area (Å²) in [6.07, 6.45) is 5.12. The van der Waals surface area contributed by atoms with Gasteiger partial charge in [-0.2, -0.15) is 0 Å². The van der Waals surface area contributed by atoms with Crippen LogP contribution in [0.4, 0.5) is 0 Å². The molecule has 1 saturated carbocycles. The lowest BCUT2D eigenvalue weighted by Gasteiger charge is -2.42. The van der Waals surface area contributed by atoms with Crippen molar-refractivity contribution in [2.45, 2.75) is 65.0 Å². The minimum atomic E-state index is -0.310. The van der Waals surface area contributed by atoms with Crippen molar-refractivity contribution in [3.63, 3.8) is 0 Å². The summed E-state index contributed by atoms with van der Waals surface area (Å²) in [5.41, 5.74) is 0. The van der Waals surface area contributed by atoms with Crippen molar-refractivity contribution >= 4 is 11.8 Å². The number of carbonyl (C=O) groups excluding carboxylic acids is 2. The third-order valence-electron chi connectivity index (χ3n) is 4.35. The zero-order chi connectivity index (χ0) is 14.0. The molecular formula is C15H26N2O2. The van der Waals surface area contributed by atoms with E-state index in [4.69, 9.17) is 0 Å². The van der Waals surface area contributed by atoms with Crippen molar-refractivity contribution in [1.29, 1.82) is 0 Å². The summed E-state index contributed by atoms with van der Waals surface area (Å²) in [6.45, 7) is 6.93. The van der Waals surface area contributed by atoms with Crippen LogP contribution in [-0.4, -0.2) is 35.3 Å². The first-order chi connectivity index (χ1) is 9.02. The van der Waals surface area contributed by atoms with Crippen LogP contribution in [0.5, 0.6) is 0 Å². The third kappa shape index (κ3) is 3.10. The molecule has 2 fully saturated rings. The molecule has 2 unspecified atom stereocenters. The number of amides is 2. The highest BCUT2D eigenvalue weighted by atomic mass is 16.2. The number of carbonyl (C=O) groups is 2. The van der Waals surface area contributed by atoms with E-state index in [1.807, 2.05) is 11.8 Å². The monoisotopic (exact) mass is 266 g/mol. The maximum absolute atomic E-state index is 12.6. The van der Waals surface area contributed by atoms with Crippen LogP contribution < -0.4 is 5.32 Å².